The normalized spacial score (nSPS) is 23.3. The van der Waals surface area contributed by atoms with Gasteiger partial charge in [-0.25, -0.2) is 0 Å². The lowest BCUT2D eigenvalue weighted by Crippen LogP contribution is -2.29. The second kappa shape index (κ2) is 19.9. The average molecular weight is 1400 g/mol. The molecule has 0 unspecified atom stereocenters. The number of rotatable bonds is 0. The second-order valence-electron chi connectivity index (χ2n) is 19.0. The predicted molar refractivity (Wildman–Crippen MR) is 291 cm³/mol. The van der Waals surface area contributed by atoms with Crippen molar-refractivity contribution in [2.45, 2.75) is 201 Å². The first-order chi connectivity index (χ1) is 29.0. The van der Waals surface area contributed by atoms with Gasteiger partial charge in [0.25, 0.3) is 0 Å². The summed E-state index contributed by atoms with van der Waals surface area (Å²) >= 11 is 44.4. The molecule has 4 saturated carbocycles. The molecular formula is C48H56Br8S4. The topological polar surface area (TPSA) is 0 Å². The highest BCUT2D eigenvalue weighted by atomic mass is 79.9. The standard InChI is InChI=1S/C48H56Br8S4/c49-29-31(51)39-46(23-15-7-2-8-16-24-46)41-33(53)35(55)43(59-41)48(27-19-11-4-12-20-28-48)44-36(56)34(54)42(60-44)47(25-17-9-3-10-18-26-47)40-32(52)30(50)38(58-40)45(37(29)57-39)21-13-5-1-6-14-22-45/h1-28H2. The summed E-state index contributed by atoms with van der Waals surface area (Å²) in [5, 5.41) is 0. The van der Waals surface area contributed by atoms with E-state index in [0.717, 1.165) is 0 Å². The lowest BCUT2D eigenvalue weighted by Gasteiger charge is -2.38. The highest BCUT2D eigenvalue weighted by Crippen LogP contribution is 2.67. The molecule has 0 nitrogen and oxygen atoms in total. The van der Waals surface area contributed by atoms with Crippen molar-refractivity contribution in [1.82, 2.24) is 0 Å². The Labute approximate surface area is 443 Å². The summed E-state index contributed by atoms with van der Waals surface area (Å²) in [6, 6.07) is 0. The SMILES string of the molecule is Brc1c2sc(c1Br)C1(CCCCCCC1)c1sc(c(Br)c1Br)C1(CCCCCCC1)c1sc(c(Br)c1Br)C1(CCCCCCC1)c1sc(c(Br)c1Br)C21CCCCCCC1. The van der Waals surface area contributed by atoms with Crippen LogP contribution in [0.3, 0.4) is 0 Å². The molecular weight excluding hydrogens is 1340 g/mol. The summed E-state index contributed by atoms with van der Waals surface area (Å²) in [5.41, 5.74) is -0.288. The number of fused-ring (bicyclic) bond motifs is 16. The summed E-state index contributed by atoms with van der Waals surface area (Å²) in [6.07, 6.45) is 35.8. The molecule has 4 aliphatic carbocycles. The first-order valence-electron chi connectivity index (χ1n) is 23.0. The van der Waals surface area contributed by atoms with Gasteiger partial charge in [-0.3, -0.25) is 0 Å². The van der Waals surface area contributed by atoms with E-state index in [-0.39, 0.29) is 21.7 Å². The minimum Gasteiger partial charge on any atom is -0.141 e. The van der Waals surface area contributed by atoms with E-state index in [2.05, 4.69) is 173 Å². The first-order valence-corrected chi connectivity index (χ1v) is 32.6. The third kappa shape index (κ3) is 8.15. The van der Waals surface area contributed by atoms with Gasteiger partial charge >= 0.3 is 0 Å². The largest absolute Gasteiger partial charge is 0.141 e. The molecule has 0 radical (unpaired) electrons. The van der Waals surface area contributed by atoms with Crippen LogP contribution in [-0.4, -0.2) is 0 Å². The quantitative estimate of drug-likeness (QED) is 0.165. The molecule has 0 N–H and O–H groups in total. The van der Waals surface area contributed by atoms with E-state index in [1.807, 2.05) is 0 Å². The molecule has 12 heteroatoms. The van der Waals surface area contributed by atoms with Crippen LogP contribution >= 0.6 is 173 Å². The predicted octanol–water partition coefficient (Wildman–Crippen LogP) is 22.5. The Bertz CT molecular complexity index is 1750. The monoisotopic (exact) mass is 1390 g/mol. The van der Waals surface area contributed by atoms with Crippen LogP contribution in [0.4, 0.5) is 0 Å². The number of halogens is 8. The van der Waals surface area contributed by atoms with E-state index in [1.165, 1.54) is 216 Å². The Balaban J connectivity index is 1.43. The van der Waals surface area contributed by atoms with Crippen molar-refractivity contribution in [2.24, 2.45) is 0 Å². The highest BCUT2D eigenvalue weighted by molar-refractivity contribution is 9.14. The van der Waals surface area contributed by atoms with E-state index in [0.29, 0.717) is 0 Å². The van der Waals surface area contributed by atoms with Crippen LogP contribution in [0.15, 0.2) is 35.8 Å². The van der Waals surface area contributed by atoms with Gasteiger partial charge in [-0.15, -0.1) is 45.3 Å². The maximum atomic E-state index is 4.45. The Kier molecular flexibility index (Phi) is 15.8. The van der Waals surface area contributed by atoms with Gasteiger partial charge in [0.05, 0.1) is 0 Å². The van der Waals surface area contributed by atoms with Crippen LogP contribution in [0.1, 0.15) is 219 Å². The second-order valence-corrected chi connectivity index (χ2v) is 29.4. The fourth-order valence-electron chi connectivity index (χ4n) is 12.3. The Morgan fingerprint density at radius 1 is 0.200 bits per heavy atom. The smallest absolute Gasteiger partial charge is 0.0469 e. The zero-order valence-electron chi connectivity index (χ0n) is 34.5. The summed E-state index contributed by atoms with van der Waals surface area (Å²) in [5.74, 6) is 0. The molecule has 8 bridgehead atoms. The van der Waals surface area contributed by atoms with Crippen molar-refractivity contribution in [1.29, 1.82) is 0 Å². The highest BCUT2D eigenvalue weighted by Gasteiger charge is 2.52. The van der Waals surface area contributed by atoms with Crippen molar-refractivity contribution in [3.63, 3.8) is 0 Å². The maximum Gasteiger partial charge on any atom is 0.0469 e. The van der Waals surface area contributed by atoms with Gasteiger partial charge in [-0.1, -0.05) is 128 Å². The van der Waals surface area contributed by atoms with Gasteiger partial charge < -0.3 is 0 Å². The lowest BCUT2D eigenvalue weighted by atomic mass is 9.72. The molecule has 1 aliphatic heterocycles. The van der Waals surface area contributed by atoms with Crippen LogP contribution in [0, 0.1) is 0 Å². The molecule has 9 rings (SSSR count). The number of hydrogen-bond acceptors (Lipinski definition) is 4. The summed E-state index contributed by atoms with van der Waals surface area (Å²) in [6.45, 7) is 0. The number of thiophene rings is 4. The van der Waals surface area contributed by atoms with Crippen LogP contribution in [-0.2, 0) is 21.7 Å². The molecule has 4 fully saturated rings. The van der Waals surface area contributed by atoms with E-state index >= 15 is 0 Å². The van der Waals surface area contributed by atoms with Gasteiger partial charge in [-0.2, -0.15) is 0 Å². The zero-order chi connectivity index (χ0) is 41.9. The van der Waals surface area contributed by atoms with E-state index in [9.17, 15) is 0 Å². The van der Waals surface area contributed by atoms with Gasteiger partial charge in [0.2, 0.25) is 0 Å². The molecule has 5 heterocycles. The third-order valence-corrected chi connectivity index (χ3v) is 32.5. The van der Waals surface area contributed by atoms with Crippen molar-refractivity contribution in [3.05, 3.63) is 74.8 Å². The summed E-state index contributed by atoms with van der Waals surface area (Å²) < 4.78 is 10.6. The van der Waals surface area contributed by atoms with E-state index in [1.54, 1.807) is 39.0 Å². The molecule has 0 amide bonds. The minimum absolute atomic E-state index is 0.0720. The molecule has 0 aromatic carbocycles. The zero-order valence-corrected chi connectivity index (χ0v) is 50.4. The van der Waals surface area contributed by atoms with Gasteiger partial charge in [0.1, 0.15) is 0 Å². The van der Waals surface area contributed by atoms with Crippen LogP contribution in [0.2, 0.25) is 0 Å². The van der Waals surface area contributed by atoms with Crippen molar-refractivity contribution >= 4 is 173 Å². The van der Waals surface area contributed by atoms with Crippen molar-refractivity contribution in [2.75, 3.05) is 0 Å². The lowest BCUT2D eigenvalue weighted by molar-refractivity contribution is 0.373. The molecule has 5 aliphatic rings. The summed E-state index contributed by atoms with van der Waals surface area (Å²) in [7, 11) is 0. The third-order valence-electron chi connectivity index (χ3n) is 15.5. The van der Waals surface area contributed by atoms with Crippen molar-refractivity contribution in [3.8, 4) is 0 Å². The fourth-order valence-corrected chi connectivity index (χ4v) is 26.5. The van der Waals surface area contributed by atoms with Crippen LogP contribution in [0.5, 0.6) is 0 Å². The van der Waals surface area contributed by atoms with Gasteiger partial charge in [0, 0.05) is 96.5 Å². The molecule has 0 saturated heterocycles. The van der Waals surface area contributed by atoms with Crippen molar-refractivity contribution < 1.29 is 0 Å². The van der Waals surface area contributed by atoms with Gasteiger partial charge in [0.15, 0.2) is 0 Å². The van der Waals surface area contributed by atoms with Gasteiger partial charge in [-0.05, 0) is 179 Å². The Morgan fingerprint density at radius 3 is 0.450 bits per heavy atom. The summed E-state index contributed by atoms with van der Waals surface area (Å²) in [4.78, 5) is 12.5. The average Bonchev–Trinajstić information content (AvgIpc) is 3.88. The van der Waals surface area contributed by atoms with E-state index < -0.39 is 0 Å². The Hall–Kier alpha value is 2.64. The minimum atomic E-state index is -0.0720. The maximum absolute atomic E-state index is 4.45. The molecule has 4 aromatic heterocycles. The fraction of sp³-hybridized carbons (Fsp3) is 0.667. The first kappa shape index (κ1) is 47.7. The van der Waals surface area contributed by atoms with E-state index in [4.69, 9.17) is 0 Å². The molecule has 4 aromatic rings. The molecule has 328 valence electrons. The van der Waals surface area contributed by atoms with Crippen LogP contribution in [0.25, 0.3) is 0 Å². The Morgan fingerprint density at radius 2 is 0.317 bits per heavy atom. The van der Waals surface area contributed by atoms with Crippen LogP contribution < -0.4 is 0 Å². The molecule has 60 heavy (non-hydrogen) atoms. The molecule has 4 spiro atoms. The number of hydrogen-bond donors (Lipinski definition) is 0. The molecule has 0 atom stereocenters.